The first-order chi connectivity index (χ1) is 10.5. The van der Waals surface area contributed by atoms with Crippen molar-refractivity contribution in [1.82, 2.24) is 10.2 Å². The first-order valence-electron chi connectivity index (χ1n) is 7.68. The van der Waals surface area contributed by atoms with Crippen molar-refractivity contribution in [3.05, 3.63) is 29.8 Å². The normalized spacial score (nSPS) is 19.5. The number of halogens is 3. The predicted molar refractivity (Wildman–Crippen MR) is 79.9 cm³/mol. The molecule has 0 saturated carbocycles. The molecule has 22 heavy (non-hydrogen) atoms. The second-order valence-corrected chi connectivity index (χ2v) is 5.71. The number of likely N-dealkylation sites (tertiary alicyclic amines) is 1. The van der Waals surface area contributed by atoms with Gasteiger partial charge in [0.2, 0.25) is 0 Å². The van der Waals surface area contributed by atoms with Crippen LogP contribution in [0.2, 0.25) is 0 Å². The van der Waals surface area contributed by atoms with Gasteiger partial charge in [0.15, 0.2) is 0 Å². The number of nitrogens with one attached hydrogen (secondary N) is 1. The summed E-state index contributed by atoms with van der Waals surface area (Å²) in [5.74, 6) is 1.15. The Kier molecular flexibility index (Phi) is 6.08. The molecule has 1 aromatic carbocycles. The molecule has 124 valence electrons. The highest BCUT2D eigenvalue weighted by molar-refractivity contribution is 5.27. The minimum Gasteiger partial charge on any atom is -0.494 e. The van der Waals surface area contributed by atoms with Crippen LogP contribution in [0.3, 0.4) is 0 Å². The minimum atomic E-state index is -4.09. The van der Waals surface area contributed by atoms with Gasteiger partial charge in [0.1, 0.15) is 5.75 Å². The van der Waals surface area contributed by atoms with E-state index in [-0.39, 0.29) is 0 Å². The van der Waals surface area contributed by atoms with Gasteiger partial charge in [-0.15, -0.1) is 0 Å². The molecule has 1 atom stereocenters. The highest BCUT2D eigenvalue weighted by Crippen LogP contribution is 2.22. The van der Waals surface area contributed by atoms with Gasteiger partial charge in [-0.3, -0.25) is 4.90 Å². The maximum absolute atomic E-state index is 12.3. The SMILES string of the molecule is CCOc1ccc(CNCC2CCN(CC(F)(F)F)C2)cc1. The zero-order valence-electron chi connectivity index (χ0n) is 12.8. The summed E-state index contributed by atoms with van der Waals surface area (Å²) in [6.45, 7) is 4.34. The van der Waals surface area contributed by atoms with Crippen molar-refractivity contribution in [1.29, 1.82) is 0 Å². The lowest BCUT2D eigenvalue weighted by Crippen LogP contribution is -2.33. The molecule has 6 heteroatoms. The molecule has 1 N–H and O–H groups in total. The standard InChI is InChI=1S/C16H23F3N2O/c1-2-22-15-5-3-13(4-6-15)9-20-10-14-7-8-21(11-14)12-16(17,18)19/h3-6,14,20H,2,7-12H2,1H3. The fourth-order valence-electron chi connectivity index (χ4n) is 2.77. The van der Waals surface area contributed by atoms with Crippen LogP contribution in [-0.4, -0.2) is 43.9 Å². The van der Waals surface area contributed by atoms with Crippen molar-refractivity contribution in [2.45, 2.75) is 26.1 Å². The smallest absolute Gasteiger partial charge is 0.401 e. The lowest BCUT2D eigenvalue weighted by Gasteiger charge is -2.18. The van der Waals surface area contributed by atoms with E-state index in [1.165, 1.54) is 4.90 Å². The molecule has 0 aromatic heterocycles. The third-order valence-corrected chi connectivity index (χ3v) is 3.77. The molecule has 0 aliphatic carbocycles. The molecular weight excluding hydrogens is 293 g/mol. The summed E-state index contributed by atoms with van der Waals surface area (Å²) in [5, 5.41) is 3.33. The van der Waals surface area contributed by atoms with E-state index in [9.17, 15) is 13.2 Å². The number of rotatable bonds is 7. The zero-order chi connectivity index (χ0) is 16.0. The van der Waals surface area contributed by atoms with E-state index in [0.717, 1.165) is 30.8 Å². The van der Waals surface area contributed by atoms with E-state index >= 15 is 0 Å². The van der Waals surface area contributed by atoms with Crippen molar-refractivity contribution in [2.75, 3.05) is 32.8 Å². The van der Waals surface area contributed by atoms with E-state index < -0.39 is 12.7 Å². The molecule has 1 aliphatic heterocycles. The fourth-order valence-corrected chi connectivity index (χ4v) is 2.77. The quantitative estimate of drug-likeness (QED) is 0.837. The second kappa shape index (κ2) is 7.83. The zero-order valence-corrected chi connectivity index (χ0v) is 12.8. The number of benzene rings is 1. The summed E-state index contributed by atoms with van der Waals surface area (Å²) in [6, 6.07) is 7.87. The van der Waals surface area contributed by atoms with Crippen LogP contribution in [0.15, 0.2) is 24.3 Å². The molecule has 1 saturated heterocycles. The molecular formula is C16H23F3N2O. The van der Waals surface area contributed by atoms with Gasteiger partial charge in [-0.2, -0.15) is 13.2 Å². The lowest BCUT2D eigenvalue weighted by molar-refractivity contribution is -0.143. The Morgan fingerprint density at radius 3 is 2.64 bits per heavy atom. The molecule has 1 aromatic rings. The van der Waals surface area contributed by atoms with Gasteiger partial charge in [0, 0.05) is 13.1 Å². The maximum atomic E-state index is 12.3. The van der Waals surface area contributed by atoms with Crippen LogP contribution in [0.5, 0.6) is 5.75 Å². The summed E-state index contributed by atoms with van der Waals surface area (Å²) < 4.78 is 42.4. The van der Waals surface area contributed by atoms with Crippen LogP contribution >= 0.6 is 0 Å². The minimum absolute atomic E-state index is 0.296. The van der Waals surface area contributed by atoms with Gasteiger partial charge >= 0.3 is 6.18 Å². The summed E-state index contributed by atoms with van der Waals surface area (Å²) in [5.41, 5.74) is 1.15. The number of hydrogen-bond acceptors (Lipinski definition) is 3. The third kappa shape index (κ3) is 5.85. The molecule has 0 amide bonds. The Bertz CT molecular complexity index is 448. The molecule has 0 spiro atoms. The number of nitrogens with zero attached hydrogens (tertiary/aromatic N) is 1. The van der Waals surface area contributed by atoms with Gasteiger partial charge in [-0.1, -0.05) is 12.1 Å². The predicted octanol–water partition coefficient (Wildman–Crippen LogP) is 3.06. The van der Waals surface area contributed by atoms with E-state index in [1.807, 2.05) is 31.2 Å². The van der Waals surface area contributed by atoms with Crippen LogP contribution in [0.4, 0.5) is 13.2 Å². The Morgan fingerprint density at radius 2 is 2.00 bits per heavy atom. The number of ether oxygens (including phenoxy) is 1. The lowest BCUT2D eigenvalue weighted by atomic mass is 10.1. The van der Waals surface area contributed by atoms with E-state index in [1.54, 1.807) is 0 Å². The van der Waals surface area contributed by atoms with Gasteiger partial charge in [-0.25, -0.2) is 0 Å². The summed E-state index contributed by atoms with van der Waals surface area (Å²) in [7, 11) is 0. The molecule has 0 bridgehead atoms. The van der Waals surface area contributed by atoms with E-state index in [0.29, 0.717) is 25.6 Å². The van der Waals surface area contributed by atoms with E-state index in [2.05, 4.69) is 5.32 Å². The van der Waals surface area contributed by atoms with Crippen LogP contribution < -0.4 is 10.1 Å². The monoisotopic (exact) mass is 316 g/mol. The van der Waals surface area contributed by atoms with Gasteiger partial charge in [-0.05, 0) is 50.0 Å². The Balaban J connectivity index is 1.67. The number of hydrogen-bond donors (Lipinski definition) is 1. The fraction of sp³-hybridized carbons (Fsp3) is 0.625. The first kappa shape index (κ1) is 17.1. The molecule has 0 radical (unpaired) electrons. The Morgan fingerprint density at radius 1 is 1.27 bits per heavy atom. The van der Waals surface area contributed by atoms with Crippen molar-refractivity contribution in [2.24, 2.45) is 5.92 Å². The molecule has 1 heterocycles. The van der Waals surface area contributed by atoms with Crippen molar-refractivity contribution in [3.63, 3.8) is 0 Å². The Hall–Kier alpha value is -1.27. The van der Waals surface area contributed by atoms with Gasteiger partial charge in [0.05, 0.1) is 13.2 Å². The van der Waals surface area contributed by atoms with Crippen LogP contribution in [0.25, 0.3) is 0 Å². The molecule has 1 aliphatic rings. The van der Waals surface area contributed by atoms with Crippen molar-refractivity contribution < 1.29 is 17.9 Å². The van der Waals surface area contributed by atoms with E-state index in [4.69, 9.17) is 4.74 Å². The highest BCUT2D eigenvalue weighted by atomic mass is 19.4. The topological polar surface area (TPSA) is 24.5 Å². The highest BCUT2D eigenvalue weighted by Gasteiger charge is 2.34. The maximum Gasteiger partial charge on any atom is 0.401 e. The molecule has 2 rings (SSSR count). The summed E-state index contributed by atoms with van der Waals surface area (Å²) in [4.78, 5) is 1.49. The van der Waals surface area contributed by atoms with Gasteiger partial charge < -0.3 is 10.1 Å². The number of alkyl halides is 3. The Labute approximate surface area is 129 Å². The molecule has 1 unspecified atom stereocenters. The first-order valence-corrected chi connectivity index (χ1v) is 7.68. The van der Waals surface area contributed by atoms with Crippen LogP contribution in [-0.2, 0) is 6.54 Å². The molecule has 3 nitrogen and oxygen atoms in total. The largest absolute Gasteiger partial charge is 0.494 e. The molecule has 1 fully saturated rings. The average Bonchev–Trinajstić information content (AvgIpc) is 2.86. The summed E-state index contributed by atoms with van der Waals surface area (Å²) in [6.07, 6.45) is -3.27. The second-order valence-electron chi connectivity index (χ2n) is 5.71. The van der Waals surface area contributed by atoms with Crippen LogP contribution in [0.1, 0.15) is 18.9 Å². The van der Waals surface area contributed by atoms with Crippen molar-refractivity contribution >= 4 is 0 Å². The summed E-state index contributed by atoms with van der Waals surface area (Å²) >= 11 is 0. The third-order valence-electron chi connectivity index (χ3n) is 3.77. The van der Waals surface area contributed by atoms with Crippen molar-refractivity contribution in [3.8, 4) is 5.75 Å². The van der Waals surface area contributed by atoms with Crippen LogP contribution in [0, 0.1) is 5.92 Å². The van der Waals surface area contributed by atoms with Gasteiger partial charge in [0.25, 0.3) is 0 Å². The average molecular weight is 316 g/mol.